The molecule has 0 unspecified atom stereocenters. The van der Waals surface area contributed by atoms with Crippen molar-refractivity contribution in [3.05, 3.63) is 30.3 Å². The van der Waals surface area contributed by atoms with E-state index in [-0.39, 0.29) is 0 Å². The zero-order valence-electron chi connectivity index (χ0n) is 4.20. The molecule has 0 aliphatic heterocycles. The summed E-state index contributed by atoms with van der Waals surface area (Å²) < 4.78 is 4.92. The van der Waals surface area contributed by atoms with Gasteiger partial charge in [0.05, 0.1) is 0 Å². The van der Waals surface area contributed by atoms with Crippen LogP contribution in [0, 0.1) is 0 Å². The fraction of sp³-hybridized carbons (Fsp3) is 0. The van der Waals surface area contributed by atoms with Crippen LogP contribution in [0.4, 0.5) is 0 Å². The Balaban J connectivity index is 2.83. The third-order valence-corrected chi connectivity index (χ3v) is 1.31. The summed E-state index contributed by atoms with van der Waals surface area (Å²) in [5.41, 5.74) is 0. The van der Waals surface area contributed by atoms with Crippen molar-refractivity contribution in [3.8, 4) is 5.75 Å². The average molecular weight is 189 g/mol. The van der Waals surface area contributed by atoms with E-state index in [9.17, 15) is 0 Å². The molecule has 2 heteroatoms. The van der Waals surface area contributed by atoms with E-state index in [1.165, 1.54) is 0 Å². The van der Waals surface area contributed by atoms with Gasteiger partial charge in [-0.05, 0) is 0 Å². The van der Waals surface area contributed by atoms with Crippen LogP contribution < -0.4 is 3.39 Å². The molecule has 0 heterocycles. The van der Waals surface area contributed by atoms with Crippen molar-refractivity contribution in [1.29, 1.82) is 0 Å². The maximum atomic E-state index is 4.92. The minimum atomic E-state index is 0.914. The van der Waals surface area contributed by atoms with Crippen LogP contribution in [0.2, 0.25) is 0 Å². The van der Waals surface area contributed by atoms with Gasteiger partial charge < -0.3 is 0 Å². The Morgan fingerprint density at radius 1 is 1.12 bits per heavy atom. The molecule has 1 aromatic carbocycles. The summed E-state index contributed by atoms with van der Waals surface area (Å²) in [6.07, 6.45) is 0. The van der Waals surface area contributed by atoms with Gasteiger partial charge in [0.15, 0.2) is 0 Å². The second-order valence-electron chi connectivity index (χ2n) is 1.40. The second kappa shape index (κ2) is 2.88. The Bertz CT molecular complexity index is 150. The molecule has 1 aromatic rings. The fourth-order valence-electron chi connectivity index (χ4n) is 0.476. The molecule has 0 aliphatic carbocycles. The summed E-state index contributed by atoms with van der Waals surface area (Å²) in [5.74, 6) is 0.914. The van der Waals surface area contributed by atoms with Crippen molar-refractivity contribution in [2.45, 2.75) is 0 Å². The predicted octanol–water partition coefficient (Wildman–Crippen LogP) is 1.53. The molecule has 0 saturated heterocycles. The van der Waals surface area contributed by atoms with E-state index < -0.39 is 0 Å². The summed E-state index contributed by atoms with van der Waals surface area (Å²) in [6, 6.07) is 9.69. The van der Waals surface area contributed by atoms with Gasteiger partial charge in [0.1, 0.15) is 0 Å². The first-order valence-corrected chi connectivity index (χ1v) is 3.10. The van der Waals surface area contributed by atoms with Gasteiger partial charge in [-0.2, -0.15) is 0 Å². The maximum absolute atomic E-state index is 4.92. The molecular formula is C6H5MoO. The van der Waals surface area contributed by atoms with Crippen molar-refractivity contribution >= 4 is 0 Å². The number of rotatable bonds is 1. The minimum absolute atomic E-state index is 0.914. The Morgan fingerprint density at radius 3 is 2.12 bits per heavy atom. The van der Waals surface area contributed by atoms with E-state index in [1.54, 1.807) is 20.2 Å². The van der Waals surface area contributed by atoms with E-state index in [4.69, 9.17) is 3.39 Å². The van der Waals surface area contributed by atoms with Gasteiger partial charge in [0.2, 0.25) is 0 Å². The van der Waals surface area contributed by atoms with Gasteiger partial charge in [0.25, 0.3) is 0 Å². The predicted molar refractivity (Wildman–Crippen MR) is 27.1 cm³/mol. The van der Waals surface area contributed by atoms with E-state index in [1.807, 2.05) is 30.3 Å². The van der Waals surface area contributed by atoms with Crippen molar-refractivity contribution < 1.29 is 23.6 Å². The molecule has 0 spiro atoms. The SMILES string of the molecule is [Mo][O]c1ccccc1. The van der Waals surface area contributed by atoms with Gasteiger partial charge in [-0.3, -0.25) is 0 Å². The molecule has 0 bridgehead atoms. The van der Waals surface area contributed by atoms with Crippen molar-refractivity contribution in [3.63, 3.8) is 0 Å². The summed E-state index contributed by atoms with van der Waals surface area (Å²) in [7, 11) is 0. The van der Waals surface area contributed by atoms with E-state index in [0.29, 0.717) is 0 Å². The normalized spacial score (nSPS) is 8.50. The van der Waals surface area contributed by atoms with Crippen LogP contribution in [0.15, 0.2) is 30.3 Å². The van der Waals surface area contributed by atoms with Gasteiger partial charge in [0, 0.05) is 0 Å². The Labute approximate surface area is 60.0 Å². The third-order valence-electron chi connectivity index (χ3n) is 0.839. The van der Waals surface area contributed by atoms with Crippen molar-refractivity contribution in [2.75, 3.05) is 0 Å². The van der Waals surface area contributed by atoms with E-state index in [2.05, 4.69) is 0 Å². The quantitative estimate of drug-likeness (QED) is 0.608. The Morgan fingerprint density at radius 2 is 1.75 bits per heavy atom. The molecule has 1 rings (SSSR count). The van der Waals surface area contributed by atoms with Crippen LogP contribution in [-0.2, 0) is 20.2 Å². The topological polar surface area (TPSA) is 9.23 Å². The first-order chi connectivity index (χ1) is 3.93. The molecular weight excluding hydrogens is 184 g/mol. The van der Waals surface area contributed by atoms with Crippen LogP contribution >= 0.6 is 0 Å². The summed E-state index contributed by atoms with van der Waals surface area (Å²) >= 11 is 1.60. The first-order valence-electron chi connectivity index (χ1n) is 2.28. The van der Waals surface area contributed by atoms with Crippen LogP contribution in [0.1, 0.15) is 0 Å². The summed E-state index contributed by atoms with van der Waals surface area (Å²) in [4.78, 5) is 0. The summed E-state index contributed by atoms with van der Waals surface area (Å²) in [6.45, 7) is 0. The average Bonchev–Trinajstić information content (AvgIpc) is 1.90. The summed E-state index contributed by atoms with van der Waals surface area (Å²) in [5, 5.41) is 0. The first kappa shape index (κ1) is 5.84. The molecule has 1 nitrogen and oxygen atoms in total. The van der Waals surface area contributed by atoms with Crippen molar-refractivity contribution in [2.24, 2.45) is 0 Å². The van der Waals surface area contributed by atoms with Gasteiger partial charge in [-0.1, -0.05) is 0 Å². The molecule has 0 aliphatic rings. The van der Waals surface area contributed by atoms with Crippen LogP contribution in [0.5, 0.6) is 5.75 Å². The molecule has 0 aromatic heterocycles. The standard InChI is InChI=1S/C6H6O.Mo/c7-6-4-2-1-3-5-6;/h1-5,7H;/q;+1/p-1. The van der Waals surface area contributed by atoms with Crippen LogP contribution in [0.3, 0.4) is 0 Å². The van der Waals surface area contributed by atoms with Gasteiger partial charge >= 0.3 is 59.7 Å². The molecule has 0 fully saturated rings. The molecule has 0 atom stereocenters. The third kappa shape index (κ3) is 1.34. The zero-order chi connectivity index (χ0) is 5.82. The molecule has 0 N–H and O–H groups in total. The molecule has 8 heavy (non-hydrogen) atoms. The van der Waals surface area contributed by atoms with E-state index in [0.717, 1.165) is 5.75 Å². The number of hydrogen-bond acceptors (Lipinski definition) is 1. The molecule has 0 radical (unpaired) electrons. The number of benzene rings is 1. The van der Waals surface area contributed by atoms with Gasteiger partial charge in [-0.25, -0.2) is 0 Å². The number of hydrogen-bond donors (Lipinski definition) is 0. The van der Waals surface area contributed by atoms with Crippen LogP contribution in [0.25, 0.3) is 0 Å². The van der Waals surface area contributed by atoms with Crippen molar-refractivity contribution in [1.82, 2.24) is 0 Å². The second-order valence-corrected chi connectivity index (χ2v) is 1.81. The molecule has 41 valence electrons. The molecule has 0 amide bonds. The fourth-order valence-corrected chi connectivity index (χ4v) is 0.749. The Hall–Kier alpha value is -0.292. The van der Waals surface area contributed by atoms with E-state index >= 15 is 0 Å². The van der Waals surface area contributed by atoms with Gasteiger partial charge in [-0.15, -0.1) is 0 Å². The number of para-hydroxylation sites is 1. The monoisotopic (exact) mass is 191 g/mol. The zero-order valence-corrected chi connectivity index (χ0v) is 6.21. The van der Waals surface area contributed by atoms with Crippen LogP contribution in [-0.4, -0.2) is 0 Å². The Kier molecular flexibility index (Phi) is 2.10. The molecule has 0 saturated carbocycles.